The number of ether oxygens (including phenoxy) is 1. The molecule has 0 saturated carbocycles. The number of hydrogen-bond acceptors (Lipinski definition) is 5. The first kappa shape index (κ1) is 19.8. The van der Waals surface area contributed by atoms with E-state index in [1.165, 1.54) is 17.8 Å². The second kappa shape index (κ2) is 7.61. The first-order valence-electron chi connectivity index (χ1n) is 8.76. The summed E-state index contributed by atoms with van der Waals surface area (Å²) in [5.74, 6) is -0.846. The Balaban J connectivity index is 1.73. The lowest BCUT2D eigenvalue weighted by molar-refractivity contribution is -0.139. The van der Waals surface area contributed by atoms with Crippen LogP contribution in [0.4, 0.5) is 13.2 Å². The summed E-state index contributed by atoms with van der Waals surface area (Å²) < 4.78 is 44.5. The van der Waals surface area contributed by atoms with Gasteiger partial charge in [-0.1, -0.05) is 0 Å². The predicted octanol–water partition coefficient (Wildman–Crippen LogP) is 2.76. The molecule has 3 heterocycles. The quantitative estimate of drug-likeness (QED) is 0.743. The van der Waals surface area contributed by atoms with Gasteiger partial charge in [-0.25, -0.2) is 14.5 Å². The van der Waals surface area contributed by atoms with Crippen molar-refractivity contribution in [2.75, 3.05) is 13.1 Å². The van der Waals surface area contributed by atoms with Crippen LogP contribution in [0, 0.1) is 6.92 Å². The van der Waals surface area contributed by atoms with Gasteiger partial charge in [0.1, 0.15) is 5.56 Å². The van der Waals surface area contributed by atoms with Crippen LogP contribution in [0.3, 0.4) is 0 Å². The molecule has 0 bridgehead atoms. The molecule has 28 heavy (non-hydrogen) atoms. The zero-order valence-corrected chi connectivity index (χ0v) is 15.4. The van der Waals surface area contributed by atoms with E-state index in [0.29, 0.717) is 25.0 Å². The van der Waals surface area contributed by atoms with Crippen molar-refractivity contribution < 1.29 is 27.5 Å². The largest absolute Gasteiger partial charge is 0.449 e. The van der Waals surface area contributed by atoms with Crippen LogP contribution in [-0.4, -0.2) is 50.7 Å². The molecule has 0 spiro atoms. The van der Waals surface area contributed by atoms with E-state index in [1.54, 1.807) is 11.8 Å². The summed E-state index contributed by atoms with van der Waals surface area (Å²) >= 11 is 0. The number of nitrogens with zero attached hydrogens (tertiary/aromatic N) is 4. The van der Waals surface area contributed by atoms with Crippen LogP contribution >= 0.6 is 0 Å². The summed E-state index contributed by atoms with van der Waals surface area (Å²) in [5, 5.41) is 4.01. The van der Waals surface area contributed by atoms with Crippen LogP contribution in [0.1, 0.15) is 41.4 Å². The Hall–Kier alpha value is -2.91. The van der Waals surface area contributed by atoms with E-state index in [2.05, 4.69) is 10.1 Å². The third-order valence-corrected chi connectivity index (χ3v) is 4.57. The van der Waals surface area contributed by atoms with Gasteiger partial charge < -0.3 is 9.64 Å². The summed E-state index contributed by atoms with van der Waals surface area (Å²) in [6, 6.07) is 2.05. The highest BCUT2D eigenvalue weighted by molar-refractivity contribution is 5.93. The maximum Gasteiger partial charge on any atom is 0.417 e. The number of hydrogen-bond donors (Lipinski definition) is 0. The van der Waals surface area contributed by atoms with E-state index in [-0.39, 0.29) is 17.3 Å². The molecule has 10 heteroatoms. The van der Waals surface area contributed by atoms with E-state index < -0.39 is 23.8 Å². The average Bonchev–Trinajstić information content (AvgIpc) is 3.30. The molecule has 1 fully saturated rings. The smallest absolute Gasteiger partial charge is 0.417 e. The molecule has 2 aromatic rings. The minimum atomic E-state index is -4.49. The fourth-order valence-corrected chi connectivity index (χ4v) is 2.99. The number of rotatable bonds is 4. The number of likely N-dealkylation sites (tertiary alicyclic amines) is 1. The third-order valence-electron chi connectivity index (χ3n) is 4.57. The number of esters is 1. The molecule has 0 aromatic carbocycles. The maximum atomic E-state index is 12.7. The van der Waals surface area contributed by atoms with Crippen molar-refractivity contribution in [2.45, 2.75) is 39.0 Å². The second-order valence-electron chi connectivity index (χ2n) is 6.54. The van der Waals surface area contributed by atoms with Crippen molar-refractivity contribution in [1.82, 2.24) is 19.7 Å². The Labute approximate surface area is 159 Å². The first-order valence-corrected chi connectivity index (χ1v) is 8.76. The number of alkyl halides is 3. The molecule has 150 valence electrons. The SMILES string of the molecule is Cc1c(C(=O)OC(C)C(=O)N2CCCC2)cnn1-c1ccc(C(F)(F)F)cn1. The molecule has 7 nitrogen and oxygen atoms in total. The Morgan fingerprint density at radius 3 is 2.43 bits per heavy atom. The summed E-state index contributed by atoms with van der Waals surface area (Å²) in [6.45, 7) is 4.38. The molecule has 0 aliphatic carbocycles. The number of carbonyl (C=O) groups excluding carboxylic acids is 2. The van der Waals surface area contributed by atoms with Crippen molar-refractivity contribution in [3.05, 3.63) is 41.3 Å². The zero-order valence-electron chi connectivity index (χ0n) is 15.4. The van der Waals surface area contributed by atoms with Gasteiger partial charge in [0.25, 0.3) is 5.91 Å². The van der Waals surface area contributed by atoms with Gasteiger partial charge in [-0.2, -0.15) is 18.3 Å². The summed E-state index contributed by atoms with van der Waals surface area (Å²) in [7, 11) is 0. The van der Waals surface area contributed by atoms with Crippen LogP contribution in [0.5, 0.6) is 0 Å². The van der Waals surface area contributed by atoms with Gasteiger partial charge in [-0.15, -0.1) is 0 Å². The van der Waals surface area contributed by atoms with Crippen LogP contribution < -0.4 is 0 Å². The molecule has 1 aliphatic rings. The number of halogens is 3. The number of aromatic nitrogens is 3. The Kier molecular flexibility index (Phi) is 5.39. The molecule has 0 N–H and O–H groups in total. The van der Waals surface area contributed by atoms with Gasteiger partial charge in [-0.3, -0.25) is 4.79 Å². The molecular formula is C18H19F3N4O3. The first-order chi connectivity index (χ1) is 13.2. The standard InChI is InChI=1S/C18H19F3N4O3/c1-11-14(17(27)28-12(2)16(26)24-7-3-4-8-24)10-23-25(11)15-6-5-13(9-22-15)18(19,20)21/h5-6,9-10,12H,3-4,7-8H2,1-2H3. The predicted molar refractivity (Wildman–Crippen MR) is 91.8 cm³/mol. The number of amides is 1. The van der Waals surface area contributed by atoms with Crippen molar-refractivity contribution in [2.24, 2.45) is 0 Å². The van der Waals surface area contributed by atoms with Crippen molar-refractivity contribution in [3.63, 3.8) is 0 Å². The molecular weight excluding hydrogens is 377 g/mol. The lowest BCUT2D eigenvalue weighted by Crippen LogP contribution is -2.38. The van der Waals surface area contributed by atoms with E-state index in [1.807, 2.05) is 0 Å². The number of pyridine rings is 1. The van der Waals surface area contributed by atoms with Crippen LogP contribution in [0.25, 0.3) is 5.82 Å². The fraction of sp³-hybridized carbons (Fsp3) is 0.444. The highest BCUT2D eigenvalue weighted by Gasteiger charge is 2.31. The van der Waals surface area contributed by atoms with Gasteiger partial charge in [0, 0.05) is 19.3 Å². The molecule has 1 saturated heterocycles. The fourth-order valence-electron chi connectivity index (χ4n) is 2.99. The van der Waals surface area contributed by atoms with E-state index in [4.69, 9.17) is 4.74 Å². The van der Waals surface area contributed by atoms with Crippen molar-refractivity contribution in [3.8, 4) is 5.82 Å². The lowest BCUT2D eigenvalue weighted by Gasteiger charge is -2.20. The molecule has 0 radical (unpaired) electrons. The Bertz CT molecular complexity index is 871. The summed E-state index contributed by atoms with van der Waals surface area (Å²) in [5.41, 5.74) is -0.421. The van der Waals surface area contributed by atoms with Crippen LogP contribution in [0.2, 0.25) is 0 Å². The van der Waals surface area contributed by atoms with Crippen LogP contribution in [-0.2, 0) is 15.7 Å². The molecule has 3 rings (SSSR count). The monoisotopic (exact) mass is 396 g/mol. The van der Waals surface area contributed by atoms with Gasteiger partial charge in [-0.05, 0) is 38.8 Å². The van der Waals surface area contributed by atoms with Gasteiger partial charge >= 0.3 is 12.1 Å². The minimum absolute atomic E-state index is 0.114. The van der Waals surface area contributed by atoms with Gasteiger partial charge in [0.05, 0.1) is 17.5 Å². The van der Waals surface area contributed by atoms with Crippen LogP contribution in [0.15, 0.2) is 24.5 Å². The number of carbonyl (C=O) groups is 2. The highest BCUT2D eigenvalue weighted by Crippen LogP contribution is 2.29. The van der Waals surface area contributed by atoms with Gasteiger partial charge in [0.15, 0.2) is 11.9 Å². The Morgan fingerprint density at radius 1 is 1.18 bits per heavy atom. The second-order valence-corrected chi connectivity index (χ2v) is 6.54. The maximum absolute atomic E-state index is 12.7. The summed E-state index contributed by atoms with van der Waals surface area (Å²) in [6.07, 6.45) is -1.62. The highest BCUT2D eigenvalue weighted by atomic mass is 19.4. The topological polar surface area (TPSA) is 77.3 Å². The van der Waals surface area contributed by atoms with E-state index in [0.717, 1.165) is 25.0 Å². The normalized spacial score (nSPS) is 15.5. The average molecular weight is 396 g/mol. The van der Waals surface area contributed by atoms with Gasteiger partial charge in [0.2, 0.25) is 0 Å². The minimum Gasteiger partial charge on any atom is -0.449 e. The zero-order chi connectivity index (χ0) is 20.5. The molecule has 2 aromatic heterocycles. The summed E-state index contributed by atoms with van der Waals surface area (Å²) in [4.78, 5) is 30.1. The molecule has 1 unspecified atom stereocenters. The van der Waals surface area contributed by atoms with E-state index in [9.17, 15) is 22.8 Å². The molecule has 1 aliphatic heterocycles. The lowest BCUT2D eigenvalue weighted by atomic mass is 10.2. The van der Waals surface area contributed by atoms with E-state index >= 15 is 0 Å². The van der Waals surface area contributed by atoms with Crippen molar-refractivity contribution >= 4 is 11.9 Å². The molecule has 1 atom stereocenters. The third kappa shape index (κ3) is 4.00. The Morgan fingerprint density at radius 2 is 1.86 bits per heavy atom. The van der Waals surface area contributed by atoms with Crippen molar-refractivity contribution in [1.29, 1.82) is 0 Å². The molecule has 1 amide bonds.